The number of aryl methyl sites for hydroxylation is 1. The van der Waals surface area contributed by atoms with Crippen LogP contribution in [0.15, 0.2) is 24.3 Å². The predicted octanol–water partition coefficient (Wildman–Crippen LogP) is 3.51. The van der Waals surface area contributed by atoms with Gasteiger partial charge in [0.1, 0.15) is 5.82 Å². The molecule has 2 unspecified atom stereocenters. The fourth-order valence-electron chi connectivity index (χ4n) is 3.61. The molecular formula is C17H25N3. The standard InChI is InChI=1S/C17H25N3/c1-3-20-15-10-5-4-9-14(15)19-16(20)12-17(18)11-7-6-8-13(17)2/h4-5,9-10,13H,3,6-8,11-12,18H2,1-2H3. The van der Waals surface area contributed by atoms with E-state index in [1.54, 1.807) is 0 Å². The molecule has 3 nitrogen and oxygen atoms in total. The van der Waals surface area contributed by atoms with Gasteiger partial charge in [-0.2, -0.15) is 0 Å². The molecule has 1 aromatic carbocycles. The average molecular weight is 271 g/mol. The van der Waals surface area contributed by atoms with E-state index in [9.17, 15) is 0 Å². The molecule has 0 bridgehead atoms. The smallest absolute Gasteiger partial charge is 0.111 e. The number of hydrogen-bond donors (Lipinski definition) is 1. The number of nitrogens with two attached hydrogens (primary N) is 1. The SMILES string of the molecule is CCn1c(CC2(N)CCCCC2C)nc2ccccc21. The monoisotopic (exact) mass is 271 g/mol. The van der Waals surface area contributed by atoms with E-state index in [4.69, 9.17) is 10.7 Å². The highest BCUT2D eigenvalue weighted by atomic mass is 15.1. The summed E-state index contributed by atoms with van der Waals surface area (Å²) in [5, 5.41) is 0. The number of nitrogens with zero attached hydrogens (tertiary/aromatic N) is 2. The molecule has 0 spiro atoms. The minimum Gasteiger partial charge on any atom is -0.328 e. The first kappa shape index (κ1) is 13.6. The highest BCUT2D eigenvalue weighted by Crippen LogP contribution is 2.34. The Hall–Kier alpha value is -1.35. The van der Waals surface area contributed by atoms with Gasteiger partial charge in [0.25, 0.3) is 0 Å². The summed E-state index contributed by atoms with van der Waals surface area (Å²) in [6.45, 7) is 5.45. The van der Waals surface area contributed by atoms with Gasteiger partial charge < -0.3 is 10.3 Å². The number of rotatable bonds is 3. The Morgan fingerprint density at radius 1 is 1.35 bits per heavy atom. The molecular weight excluding hydrogens is 246 g/mol. The molecule has 0 aliphatic heterocycles. The predicted molar refractivity (Wildman–Crippen MR) is 83.7 cm³/mol. The van der Waals surface area contributed by atoms with Crippen molar-refractivity contribution in [3.05, 3.63) is 30.1 Å². The molecule has 1 aromatic heterocycles. The summed E-state index contributed by atoms with van der Waals surface area (Å²) >= 11 is 0. The Morgan fingerprint density at radius 3 is 2.90 bits per heavy atom. The second kappa shape index (κ2) is 5.21. The van der Waals surface area contributed by atoms with Gasteiger partial charge in [-0.05, 0) is 37.8 Å². The van der Waals surface area contributed by atoms with E-state index in [2.05, 4.69) is 42.7 Å². The van der Waals surface area contributed by atoms with Gasteiger partial charge in [-0.15, -0.1) is 0 Å². The summed E-state index contributed by atoms with van der Waals surface area (Å²) in [6.07, 6.45) is 5.86. The van der Waals surface area contributed by atoms with Crippen LogP contribution in [0.5, 0.6) is 0 Å². The average Bonchev–Trinajstić information content (AvgIpc) is 2.79. The molecule has 1 fully saturated rings. The topological polar surface area (TPSA) is 43.8 Å². The lowest BCUT2D eigenvalue weighted by molar-refractivity contribution is 0.199. The minimum absolute atomic E-state index is 0.0768. The Morgan fingerprint density at radius 2 is 2.15 bits per heavy atom. The molecule has 2 aromatic rings. The zero-order valence-electron chi connectivity index (χ0n) is 12.6. The minimum atomic E-state index is -0.0768. The summed E-state index contributed by atoms with van der Waals surface area (Å²) in [4.78, 5) is 4.84. The summed E-state index contributed by atoms with van der Waals surface area (Å²) in [5.74, 6) is 1.74. The van der Waals surface area contributed by atoms with Crippen LogP contribution in [0.2, 0.25) is 0 Å². The maximum Gasteiger partial charge on any atom is 0.111 e. The highest BCUT2D eigenvalue weighted by Gasteiger charge is 2.35. The maximum absolute atomic E-state index is 6.73. The van der Waals surface area contributed by atoms with Gasteiger partial charge in [0.05, 0.1) is 11.0 Å². The summed E-state index contributed by atoms with van der Waals surface area (Å²) in [6, 6.07) is 8.39. The lowest BCUT2D eigenvalue weighted by atomic mass is 9.72. The molecule has 0 amide bonds. The molecule has 1 aliphatic carbocycles. The zero-order chi connectivity index (χ0) is 14.2. The van der Waals surface area contributed by atoms with Crippen molar-refractivity contribution in [1.29, 1.82) is 0 Å². The Balaban J connectivity index is 1.97. The number of benzene rings is 1. The van der Waals surface area contributed by atoms with E-state index in [1.807, 2.05) is 0 Å². The van der Waals surface area contributed by atoms with Crippen LogP contribution in [0, 0.1) is 5.92 Å². The van der Waals surface area contributed by atoms with Gasteiger partial charge in [-0.25, -0.2) is 4.98 Å². The van der Waals surface area contributed by atoms with Crippen LogP contribution >= 0.6 is 0 Å². The number of para-hydroxylation sites is 2. The van der Waals surface area contributed by atoms with Crippen molar-refractivity contribution < 1.29 is 0 Å². The highest BCUT2D eigenvalue weighted by molar-refractivity contribution is 5.75. The van der Waals surface area contributed by atoms with Gasteiger partial charge in [0.2, 0.25) is 0 Å². The van der Waals surface area contributed by atoms with Gasteiger partial charge in [0.15, 0.2) is 0 Å². The second-order valence-electron chi connectivity index (χ2n) is 6.32. The summed E-state index contributed by atoms with van der Waals surface area (Å²) in [7, 11) is 0. The van der Waals surface area contributed by atoms with Crippen molar-refractivity contribution in [2.24, 2.45) is 11.7 Å². The molecule has 3 rings (SSSR count). The van der Waals surface area contributed by atoms with Crippen LogP contribution in [0.3, 0.4) is 0 Å². The molecule has 1 aliphatic rings. The van der Waals surface area contributed by atoms with Gasteiger partial charge in [0, 0.05) is 18.5 Å². The van der Waals surface area contributed by atoms with E-state index < -0.39 is 0 Å². The van der Waals surface area contributed by atoms with Crippen molar-refractivity contribution in [2.45, 2.75) is 58.0 Å². The normalized spacial score (nSPS) is 27.1. The van der Waals surface area contributed by atoms with Crippen LogP contribution in [0.25, 0.3) is 11.0 Å². The first-order valence-corrected chi connectivity index (χ1v) is 7.87. The summed E-state index contributed by atoms with van der Waals surface area (Å²) < 4.78 is 2.32. The van der Waals surface area contributed by atoms with Crippen molar-refractivity contribution in [2.75, 3.05) is 0 Å². The van der Waals surface area contributed by atoms with Crippen LogP contribution < -0.4 is 5.73 Å². The number of imidazole rings is 1. The quantitative estimate of drug-likeness (QED) is 0.928. The fraction of sp³-hybridized carbons (Fsp3) is 0.588. The van der Waals surface area contributed by atoms with Crippen molar-refractivity contribution in [3.8, 4) is 0 Å². The van der Waals surface area contributed by atoms with Crippen LogP contribution in [0.4, 0.5) is 0 Å². The van der Waals surface area contributed by atoms with E-state index in [0.717, 1.165) is 30.7 Å². The maximum atomic E-state index is 6.73. The van der Waals surface area contributed by atoms with Gasteiger partial charge in [-0.3, -0.25) is 0 Å². The third-order valence-electron chi connectivity index (χ3n) is 5.05. The van der Waals surface area contributed by atoms with Gasteiger partial charge in [-0.1, -0.05) is 31.9 Å². The molecule has 0 radical (unpaired) electrons. The Kier molecular flexibility index (Phi) is 3.55. The molecule has 3 heteroatoms. The first-order valence-electron chi connectivity index (χ1n) is 7.87. The number of hydrogen-bond acceptors (Lipinski definition) is 2. The molecule has 0 saturated heterocycles. The number of fused-ring (bicyclic) bond motifs is 1. The molecule has 2 atom stereocenters. The lowest BCUT2D eigenvalue weighted by Gasteiger charge is -2.39. The van der Waals surface area contributed by atoms with Crippen molar-refractivity contribution in [3.63, 3.8) is 0 Å². The third-order valence-corrected chi connectivity index (χ3v) is 5.05. The molecule has 1 heterocycles. The van der Waals surface area contributed by atoms with Crippen molar-refractivity contribution in [1.82, 2.24) is 9.55 Å². The largest absolute Gasteiger partial charge is 0.328 e. The van der Waals surface area contributed by atoms with E-state index >= 15 is 0 Å². The third kappa shape index (κ3) is 2.24. The lowest BCUT2D eigenvalue weighted by Crippen LogP contribution is -2.50. The van der Waals surface area contributed by atoms with E-state index in [0.29, 0.717) is 5.92 Å². The van der Waals surface area contributed by atoms with Crippen LogP contribution in [-0.2, 0) is 13.0 Å². The summed E-state index contributed by atoms with van der Waals surface area (Å²) in [5.41, 5.74) is 8.98. The Labute approximate surface area is 121 Å². The second-order valence-corrected chi connectivity index (χ2v) is 6.32. The molecule has 20 heavy (non-hydrogen) atoms. The van der Waals surface area contributed by atoms with Crippen molar-refractivity contribution >= 4 is 11.0 Å². The van der Waals surface area contributed by atoms with Gasteiger partial charge >= 0.3 is 0 Å². The van der Waals surface area contributed by atoms with E-state index in [-0.39, 0.29) is 5.54 Å². The molecule has 108 valence electrons. The first-order chi connectivity index (χ1) is 9.64. The van der Waals surface area contributed by atoms with Crippen LogP contribution in [-0.4, -0.2) is 15.1 Å². The number of aromatic nitrogens is 2. The molecule has 2 N–H and O–H groups in total. The zero-order valence-corrected chi connectivity index (χ0v) is 12.6. The van der Waals surface area contributed by atoms with E-state index in [1.165, 1.54) is 24.8 Å². The van der Waals surface area contributed by atoms with Crippen LogP contribution in [0.1, 0.15) is 45.4 Å². The fourth-order valence-corrected chi connectivity index (χ4v) is 3.61. The Bertz CT molecular complexity index is 601. The molecule has 1 saturated carbocycles.